The van der Waals surface area contributed by atoms with Crippen molar-refractivity contribution in [1.82, 2.24) is 9.78 Å². The van der Waals surface area contributed by atoms with Gasteiger partial charge in [-0.2, -0.15) is 5.10 Å². The maximum Gasteiger partial charge on any atom is 0.256 e. The third kappa shape index (κ3) is 2.89. The lowest BCUT2D eigenvalue weighted by molar-refractivity contribution is 0.102. The van der Waals surface area contributed by atoms with Crippen LogP contribution in [0, 0.1) is 0 Å². The van der Waals surface area contributed by atoms with Gasteiger partial charge in [-0.1, -0.05) is 48.5 Å². The van der Waals surface area contributed by atoms with Crippen molar-refractivity contribution in [2.45, 2.75) is 0 Å². The Labute approximate surface area is 133 Å². The zero-order valence-corrected chi connectivity index (χ0v) is 12.6. The van der Waals surface area contributed by atoms with Gasteiger partial charge >= 0.3 is 0 Å². The van der Waals surface area contributed by atoms with Crippen LogP contribution in [0.1, 0.15) is 20.7 Å². The Hall–Kier alpha value is -3.21. The van der Waals surface area contributed by atoms with Crippen LogP contribution in [0.15, 0.2) is 60.7 Å². The van der Waals surface area contributed by atoms with Gasteiger partial charge in [-0.05, 0) is 12.1 Å². The van der Waals surface area contributed by atoms with Crippen LogP contribution in [-0.2, 0) is 7.05 Å². The topological polar surface area (TPSA) is 64.0 Å². The molecule has 0 unspecified atom stereocenters. The molecule has 3 aromatic rings. The van der Waals surface area contributed by atoms with Crippen molar-refractivity contribution in [3.63, 3.8) is 0 Å². The molecule has 23 heavy (non-hydrogen) atoms. The number of rotatable bonds is 4. The van der Waals surface area contributed by atoms with Gasteiger partial charge in [0, 0.05) is 18.2 Å². The van der Waals surface area contributed by atoms with Crippen LogP contribution in [0.4, 0.5) is 5.82 Å². The van der Waals surface area contributed by atoms with Gasteiger partial charge in [0.05, 0.1) is 5.56 Å². The quantitative estimate of drug-likeness (QED) is 0.753. The third-order valence-electron chi connectivity index (χ3n) is 3.52. The average molecular weight is 305 g/mol. The number of benzene rings is 2. The molecule has 0 atom stereocenters. The molecule has 0 aliphatic rings. The third-order valence-corrected chi connectivity index (χ3v) is 3.52. The maximum atomic E-state index is 12.3. The minimum atomic E-state index is -0.281. The highest BCUT2D eigenvalue weighted by Crippen LogP contribution is 2.27. The van der Waals surface area contributed by atoms with Crippen LogP contribution < -0.4 is 5.32 Å². The molecule has 0 aliphatic carbocycles. The van der Waals surface area contributed by atoms with E-state index in [-0.39, 0.29) is 5.91 Å². The molecule has 1 heterocycles. The van der Waals surface area contributed by atoms with Crippen molar-refractivity contribution in [2.24, 2.45) is 7.05 Å². The number of hydrogen-bond donors (Lipinski definition) is 1. The summed E-state index contributed by atoms with van der Waals surface area (Å²) in [5, 5.41) is 7.14. The van der Waals surface area contributed by atoms with Crippen LogP contribution in [0.2, 0.25) is 0 Å². The van der Waals surface area contributed by atoms with Crippen LogP contribution >= 0.6 is 0 Å². The van der Waals surface area contributed by atoms with E-state index in [0.29, 0.717) is 22.6 Å². The summed E-state index contributed by atoms with van der Waals surface area (Å²) in [6.07, 6.45) is 0.718. The van der Waals surface area contributed by atoms with Gasteiger partial charge in [0.15, 0.2) is 6.29 Å². The standard InChI is InChI=1S/C18H15N3O2/c1-21-17(19-18(23)14-10-6-3-7-11-14)15(12-22)16(20-21)13-8-4-2-5-9-13/h2-12H,1H3,(H,19,23). The number of aryl methyl sites for hydroxylation is 1. The second-order valence-electron chi connectivity index (χ2n) is 5.04. The molecule has 0 aliphatic heterocycles. The first-order valence-electron chi connectivity index (χ1n) is 7.14. The smallest absolute Gasteiger partial charge is 0.256 e. The van der Waals surface area contributed by atoms with Gasteiger partial charge in [0.2, 0.25) is 0 Å². The van der Waals surface area contributed by atoms with Gasteiger partial charge in [-0.15, -0.1) is 0 Å². The van der Waals surface area contributed by atoms with E-state index < -0.39 is 0 Å². The molecule has 0 radical (unpaired) electrons. The Bertz CT molecular complexity index is 839. The van der Waals surface area contributed by atoms with E-state index in [4.69, 9.17) is 0 Å². The number of aromatic nitrogens is 2. The van der Waals surface area contributed by atoms with Crippen molar-refractivity contribution >= 4 is 18.0 Å². The minimum Gasteiger partial charge on any atom is -0.306 e. The summed E-state index contributed by atoms with van der Waals surface area (Å²) >= 11 is 0. The second-order valence-corrected chi connectivity index (χ2v) is 5.04. The van der Waals surface area contributed by atoms with Crippen LogP contribution in [0.5, 0.6) is 0 Å². The fourth-order valence-corrected chi connectivity index (χ4v) is 2.38. The lowest BCUT2D eigenvalue weighted by Gasteiger charge is -2.06. The molecular formula is C18H15N3O2. The Morgan fingerprint density at radius 3 is 2.26 bits per heavy atom. The molecular weight excluding hydrogens is 290 g/mol. The molecule has 5 nitrogen and oxygen atoms in total. The van der Waals surface area contributed by atoms with Crippen molar-refractivity contribution < 1.29 is 9.59 Å². The summed E-state index contributed by atoms with van der Waals surface area (Å²) < 4.78 is 1.51. The Morgan fingerprint density at radius 2 is 1.65 bits per heavy atom. The van der Waals surface area contributed by atoms with Crippen LogP contribution in [-0.4, -0.2) is 22.0 Å². The minimum absolute atomic E-state index is 0.281. The van der Waals surface area contributed by atoms with Crippen LogP contribution in [0.3, 0.4) is 0 Å². The zero-order chi connectivity index (χ0) is 16.2. The molecule has 3 rings (SSSR count). The molecule has 0 saturated carbocycles. The summed E-state index contributed by atoms with van der Waals surface area (Å²) in [5.41, 5.74) is 2.26. The zero-order valence-electron chi connectivity index (χ0n) is 12.6. The van der Waals surface area contributed by atoms with Crippen molar-refractivity contribution in [3.05, 3.63) is 71.8 Å². The van der Waals surface area contributed by atoms with Crippen molar-refractivity contribution in [1.29, 1.82) is 0 Å². The van der Waals surface area contributed by atoms with Gasteiger partial charge < -0.3 is 5.32 Å². The highest BCUT2D eigenvalue weighted by Gasteiger charge is 2.19. The molecule has 0 saturated heterocycles. The fourth-order valence-electron chi connectivity index (χ4n) is 2.38. The van der Waals surface area contributed by atoms with Crippen LogP contribution in [0.25, 0.3) is 11.3 Å². The monoisotopic (exact) mass is 305 g/mol. The fraction of sp³-hybridized carbons (Fsp3) is 0.0556. The average Bonchev–Trinajstić information content (AvgIpc) is 2.92. The van der Waals surface area contributed by atoms with Gasteiger partial charge in [0.1, 0.15) is 11.5 Å². The molecule has 1 aromatic heterocycles. The second kappa shape index (κ2) is 6.27. The van der Waals surface area contributed by atoms with E-state index >= 15 is 0 Å². The number of carbonyl (C=O) groups excluding carboxylic acids is 2. The normalized spacial score (nSPS) is 10.3. The van der Waals surface area contributed by atoms with Crippen molar-refractivity contribution in [2.75, 3.05) is 5.32 Å². The Balaban J connectivity index is 1.99. The summed E-state index contributed by atoms with van der Waals surface area (Å²) in [6, 6.07) is 18.2. The number of hydrogen-bond acceptors (Lipinski definition) is 3. The Morgan fingerprint density at radius 1 is 1.04 bits per heavy atom. The van der Waals surface area contributed by atoms with E-state index in [0.717, 1.165) is 11.8 Å². The highest BCUT2D eigenvalue weighted by molar-refractivity contribution is 6.07. The first-order chi connectivity index (χ1) is 11.2. The molecule has 2 aromatic carbocycles. The summed E-state index contributed by atoms with van der Waals surface area (Å²) in [6.45, 7) is 0. The predicted octanol–water partition coefficient (Wildman–Crippen LogP) is 3.15. The number of aldehydes is 1. The first kappa shape index (κ1) is 14.7. The van der Waals surface area contributed by atoms with E-state index in [2.05, 4.69) is 10.4 Å². The lowest BCUT2D eigenvalue weighted by atomic mass is 10.1. The summed E-state index contributed by atoms with van der Waals surface area (Å²) in [4.78, 5) is 23.9. The molecule has 0 spiro atoms. The van der Waals surface area contributed by atoms with Gasteiger partial charge in [-0.3, -0.25) is 14.3 Å². The summed E-state index contributed by atoms with van der Waals surface area (Å²) in [7, 11) is 1.69. The number of nitrogens with zero attached hydrogens (tertiary/aromatic N) is 2. The van der Waals surface area contributed by atoms with Gasteiger partial charge in [0.25, 0.3) is 5.91 Å². The number of anilines is 1. The molecule has 5 heteroatoms. The number of carbonyl (C=O) groups is 2. The molecule has 1 N–H and O–H groups in total. The molecule has 114 valence electrons. The first-order valence-corrected chi connectivity index (χ1v) is 7.14. The molecule has 0 bridgehead atoms. The Kier molecular flexibility index (Phi) is 4.01. The van der Waals surface area contributed by atoms with E-state index in [1.807, 2.05) is 36.4 Å². The highest BCUT2D eigenvalue weighted by atomic mass is 16.1. The number of nitrogens with one attached hydrogen (secondary N) is 1. The molecule has 1 amide bonds. The lowest BCUT2D eigenvalue weighted by Crippen LogP contribution is -2.15. The SMILES string of the molecule is Cn1nc(-c2ccccc2)c(C=O)c1NC(=O)c1ccccc1. The molecule has 0 fully saturated rings. The van der Waals surface area contributed by atoms with E-state index in [1.54, 1.807) is 31.3 Å². The summed E-state index contributed by atoms with van der Waals surface area (Å²) in [5.74, 6) is 0.101. The van der Waals surface area contributed by atoms with E-state index in [1.165, 1.54) is 4.68 Å². The largest absolute Gasteiger partial charge is 0.306 e. The maximum absolute atomic E-state index is 12.3. The predicted molar refractivity (Wildman–Crippen MR) is 88.4 cm³/mol. The van der Waals surface area contributed by atoms with Crippen molar-refractivity contribution in [3.8, 4) is 11.3 Å². The number of amides is 1. The van der Waals surface area contributed by atoms with Gasteiger partial charge in [-0.25, -0.2) is 0 Å². The van der Waals surface area contributed by atoms with E-state index in [9.17, 15) is 9.59 Å².